The van der Waals surface area contributed by atoms with E-state index in [-0.39, 0.29) is 6.03 Å². The van der Waals surface area contributed by atoms with Crippen LogP contribution in [0.5, 0.6) is 0 Å². The molecule has 1 N–H and O–H groups in total. The lowest BCUT2D eigenvalue weighted by Gasteiger charge is -2.38. The molecule has 2 amide bonds. The Balaban J connectivity index is 1.79. The summed E-state index contributed by atoms with van der Waals surface area (Å²) >= 11 is 0. The Morgan fingerprint density at radius 2 is 1.89 bits per heavy atom. The van der Waals surface area contributed by atoms with Gasteiger partial charge in [0.1, 0.15) is 0 Å². The molecule has 1 aliphatic heterocycles. The number of urea groups is 1. The molecule has 0 aromatic heterocycles. The minimum absolute atomic E-state index is 0.176. The van der Waals surface area contributed by atoms with Gasteiger partial charge >= 0.3 is 6.03 Å². The van der Waals surface area contributed by atoms with Crippen molar-refractivity contribution in [2.45, 2.75) is 44.7 Å². The molecular formula is C14H27N3O2. The first-order chi connectivity index (χ1) is 9.22. The largest absolute Gasteiger partial charge is 0.378 e. The van der Waals surface area contributed by atoms with Crippen LogP contribution in [-0.2, 0) is 4.74 Å². The average Bonchev–Trinajstić information content (AvgIpc) is 2.48. The van der Waals surface area contributed by atoms with Crippen molar-refractivity contribution in [3.63, 3.8) is 0 Å². The normalized spacial score (nSPS) is 28.2. The molecule has 5 heteroatoms. The molecule has 0 atom stereocenters. The summed E-state index contributed by atoms with van der Waals surface area (Å²) in [6.07, 6.45) is 4.59. The third-order valence-corrected chi connectivity index (χ3v) is 4.32. The zero-order chi connectivity index (χ0) is 13.7. The van der Waals surface area contributed by atoms with Crippen molar-refractivity contribution < 1.29 is 9.53 Å². The van der Waals surface area contributed by atoms with Crippen molar-refractivity contribution in [1.82, 2.24) is 15.1 Å². The molecule has 1 saturated heterocycles. The number of amides is 2. The predicted molar refractivity (Wildman–Crippen MR) is 75.3 cm³/mol. The first-order valence-corrected chi connectivity index (χ1v) is 7.55. The summed E-state index contributed by atoms with van der Waals surface area (Å²) in [5, 5.41) is 3.51. The van der Waals surface area contributed by atoms with Gasteiger partial charge in [0, 0.05) is 32.2 Å². The molecule has 1 saturated carbocycles. The summed E-state index contributed by atoms with van der Waals surface area (Å²) in [7, 11) is 1.95. The van der Waals surface area contributed by atoms with Crippen LogP contribution in [0.2, 0.25) is 0 Å². The molecule has 2 fully saturated rings. The minimum atomic E-state index is 0.176. The Bertz CT molecular complexity index is 284. The zero-order valence-corrected chi connectivity index (χ0v) is 12.2. The van der Waals surface area contributed by atoms with Crippen molar-refractivity contribution in [3.8, 4) is 0 Å². The van der Waals surface area contributed by atoms with Crippen LogP contribution in [0.25, 0.3) is 0 Å². The van der Waals surface area contributed by atoms with E-state index in [4.69, 9.17) is 4.74 Å². The summed E-state index contributed by atoms with van der Waals surface area (Å²) in [6.45, 7) is 6.00. The third-order valence-electron chi connectivity index (χ3n) is 4.32. The smallest absolute Gasteiger partial charge is 0.320 e. The summed E-state index contributed by atoms with van der Waals surface area (Å²) in [5.74, 6) is 0. The predicted octanol–water partition coefficient (Wildman–Crippen LogP) is 1.29. The van der Waals surface area contributed by atoms with Crippen LogP contribution in [0, 0.1) is 0 Å². The highest BCUT2D eigenvalue weighted by Gasteiger charge is 2.29. The van der Waals surface area contributed by atoms with E-state index < -0.39 is 0 Å². The minimum Gasteiger partial charge on any atom is -0.378 e. The van der Waals surface area contributed by atoms with Crippen molar-refractivity contribution in [2.24, 2.45) is 0 Å². The highest BCUT2D eigenvalue weighted by Crippen LogP contribution is 2.23. The molecule has 0 bridgehead atoms. The maximum atomic E-state index is 12.4. The van der Waals surface area contributed by atoms with Crippen LogP contribution in [0.4, 0.5) is 4.79 Å². The summed E-state index contributed by atoms with van der Waals surface area (Å²) < 4.78 is 5.30. The van der Waals surface area contributed by atoms with Crippen molar-refractivity contribution in [3.05, 3.63) is 0 Å². The maximum Gasteiger partial charge on any atom is 0.320 e. The molecule has 0 spiro atoms. The Morgan fingerprint density at radius 3 is 2.47 bits per heavy atom. The highest BCUT2D eigenvalue weighted by molar-refractivity contribution is 5.74. The van der Waals surface area contributed by atoms with Crippen molar-refractivity contribution in [2.75, 3.05) is 39.9 Å². The Kier molecular flexibility index (Phi) is 5.45. The summed E-state index contributed by atoms with van der Waals surface area (Å²) in [5.41, 5.74) is 0. The van der Waals surface area contributed by atoms with E-state index in [1.165, 1.54) is 12.8 Å². The van der Waals surface area contributed by atoms with Crippen molar-refractivity contribution >= 4 is 6.03 Å². The monoisotopic (exact) mass is 269 g/mol. The SMILES string of the molecule is CCNC1CCC(N(C)C(=O)N2CCOCC2)CC1. The number of rotatable bonds is 3. The van der Waals surface area contributed by atoms with Crippen LogP contribution in [0.15, 0.2) is 0 Å². The molecule has 0 unspecified atom stereocenters. The molecule has 1 heterocycles. The van der Waals surface area contributed by atoms with E-state index in [1.54, 1.807) is 0 Å². The van der Waals surface area contributed by atoms with Gasteiger partial charge in [0.15, 0.2) is 0 Å². The van der Waals surface area contributed by atoms with Crippen LogP contribution in [0.1, 0.15) is 32.6 Å². The topological polar surface area (TPSA) is 44.8 Å². The van der Waals surface area contributed by atoms with Gasteiger partial charge in [-0.05, 0) is 32.2 Å². The van der Waals surface area contributed by atoms with E-state index in [2.05, 4.69) is 12.2 Å². The van der Waals surface area contributed by atoms with Gasteiger partial charge in [-0.1, -0.05) is 6.92 Å². The fourth-order valence-corrected chi connectivity index (χ4v) is 3.09. The number of carbonyl (C=O) groups excluding carboxylic acids is 1. The molecule has 0 aromatic rings. The molecule has 2 aliphatic rings. The van der Waals surface area contributed by atoms with Gasteiger partial charge in [-0.2, -0.15) is 0 Å². The Morgan fingerprint density at radius 1 is 1.26 bits per heavy atom. The van der Waals surface area contributed by atoms with Gasteiger partial charge in [0.25, 0.3) is 0 Å². The first kappa shape index (κ1) is 14.6. The maximum absolute atomic E-state index is 12.4. The molecule has 110 valence electrons. The standard InChI is InChI=1S/C14H27N3O2/c1-3-15-12-4-6-13(7-5-12)16(2)14(18)17-8-10-19-11-9-17/h12-13,15H,3-11H2,1-2H3. The van der Waals surface area contributed by atoms with Gasteiger partial charge in [-0.15, -0.1) is 0 Å². The number of hydrogen-bond acceptors (Lipinski definition) is 3. The molecular weight excluding hydrogens is 242 g/mol. The number of ether oxygens (including phenoxy) is 1. The van der Waals surface area contributed by atoms with Crippen LogP contribution < -0.4 is 5.32 Å². The van der Waals surface area contributed by atoms with Gasteiger partial charge in [-0.25, -0.2) is 4.79 Å². The zero-order valence-electron chi connectivity index (χ0n) is 12.2. The van der Waals surface area contributed by atoms with Gasteiger partial charge in [0.2, 0.25) is 0 Å². The van der Waals surface area contributed by atoms with E-state index in [1.807, 2.05) is 16.8 Å². The Hall–Kier alpha value is -0.810. The van der Waals surface area contributed by atoms with Crippen LogP contribution in [0.3, 0.4) is 0 Å². The van der Waals surface area contributed by atoms with Gasteiger partial charge < -0.3 is 19.9 Å². The number of morpholine rings is 1. The number of nitrogens with zero attached hydrogens (tertiary/aromatic N) is 2. The molecule has 0 aromatic carbocycles. The average molecular weight is 269 g/mol. The van der Waals surface area contributed by atoms with Crippen molar-refractivity contribution in [1.29, 1.82) is 0 Å². The summed E-state index contributed by atoms with van der Waals surface area (Å²) in [4.78, 5) is 16.3. The van der Waals surface area contributed by atoms with Crippen LogP contribution >= 0.6 is 0 Å². The number of hydrogen-bond donors (Lipinski definition) is 1. The van der Waals surface area contributed by atoms with E-state index in [0.717, 1.165) is 32.5 Å². The van der Waals surface area contributed by atoms with E-state index in [9.17, 15) is 4.79 Å². The molecule has 1 aliphatic carbocycles. The highest BCUT2D eigenvalue weighted by atomic mass is 16.5. The lowest BCUT2D eigenvalue weighted by Crippen LogP contribution is -2.51. The Labute approximate surface area is 116 Å². The molecule has 2 rings (SSSR count). The fraction of sp³-hybridized carbons (Fsp3) is 0.929. The second-order valence-corrected chi connectivity index (χ2v) is 5.56. The van der Waals surface area contributed by atoms with Gasteiger partial charge in [-0.3, -0.25) is 0 Å². The lowest BCUT2D eigenvalue weighted by atomic mass is 9.90. The molecule has 0 radical (unpaired) electrons. The lowest BCUT2D eigenvalue weighted by molar-refractivity contribution is 0.0398. The number of nitrogens with one attached hydrogen (secondary N) is 1. The quantitative estimate of drug-likeness (QED) is 0.840. The first-order valence-electron chi connectivity index (χ1n) is 7.55. The van der Waals surface area contributed by atoms with Crippen LogP contribution in [-0.4, -0.2) is 67.8 Å². The second-order valence-electron chi connectivity index (χ2n) is 5.56. The molecule has 19 heavy (non-hydrogen) atoms. The van der Waals surface area contributed by atoms with E-state index in [0.29, 0.717) is 25.3 Å². The molecule has 5 nitrogen and oxygen atoms in total. The third kappa shape index (κ3) is 3.83. The van der Waals surface area contributed by atoms with Gasteiger partial charge in [0.05, 0.1) is 13.2 Å². The summed E-state index contributed by atoms with van der Waals surface area (Å²) in [6, 6.07) is 1.23. The fourth-order valence-electron chi connectivity index (χ4n) is 3.09. The van der Waals surface area contributed by atoms with E-state index >= 15 is 0 Å². The second kappa shape index (κ2) is 7.10. The number of carbonyl (C=O) groups is 1.